The number of unbranched alkanes of at least 4 members (excludes halogenated alkanes) is 1. The molecule has 3 saturated carbocycles. The lowest BCUT2D eigenvalue weighted by Gasteiger charge is -2.37. The molecule has 0 spiro atoms. The summed E-state index contributed by atoms with van der Waals surface area (Å²) in [4.78, 5) is 12.3. The van der Waals surface area contributed by atoms with Crippen LogP contribution in [0.2, 0.25) is 0 Å². The zero-order valence-electron chi connectivity index (χ0n) is 14.7. The van der Waals surface area contributed by atoms with Crippen LogP contribution in [0.5, 0.6) is 0 Å². The Balaban J connectivity index is 1.58. The molecule has 3 heteroatoms. The Bertz CT molecular complexity index is 452. The van der Waals surface area contributed by atoms with Crippen LogP contribution in [-0.2, 0) is 9.53 Å². The lowest BCUT2D eigenvalue weighted by molar-refractivity contribution is -0.156. The second kappa shape index (κ2) is 5.22. The van der Waals surface area contributed by atoms with E-state index in [9.17, 15) is 9.90 Å². The number of ether oxygens (including phenoxy) is 1. The predicted molar refractivity (Wildman–Crippen MR) is 86.3 cm³/mol. The van der Waals surface area contributed by atoms with Gasteiger partial charge in [0.2, 0.25) is 0 Å². The fraction of sp³-hybridized carbons (Fsp3) is 0.947. The maximum absolute atomic E-state index is 12.3. The standard InChI is InChI=1S/C19H32O3/c1-5-6-9-22-16(21)19(7-8-19)15(20)11-13-10-14-12-18(14,4)17(13,2)3/h13-15,20H,5-12H2,1-4H3. The average molecular weight is 308 g/mol. The van der Waals surface area contributed by atoms with Crippen LogP contribution in [0.25, 0.3) is 0 Å². The van der Waals surface area contributed by atoms with E-state index in [4.69, 9.17) is 4.74 Å². The molecule has 1 N–H and O–H groups in total. The van der Waals surface area contributed by atoms with Crippen molar-refractivity contribution in [3.63, 3.8) is 0 Å². The van der Waals surface area contributed by atoms with Crippen LogP contribution in [0.1, 0.15) is 72.6 Å². The maximum Gasteiger partial charge on any atom is 0.314 e. The molecule has 3 nitrogen and oxygen atoms in total. The van der Waals surface area contributed by atoms with Crippen molar-refractivity contribution in [3.05, 3.63) is 0 Å². The Labute approximate surface area is 134 Å². The monoisotopic (exact) mass is 308 g/mol. The molecule has 0 heterocycles. The van der Waals surface area contributed by atoms with E-state index in [1.807, 2.05) is 0 Å². The summed E-state index contributed by atoms with van der Waals surface area (Å²) >= 11 is 0. The largest absolute Gasteiger partial charge is 0.465 e. The summed E-state index contributed by atoms with van der Waals surface area (Å²) in [6.45, 7) is 9.70. The summed E-state index contributed by atoms with van der Waals surface area (Å²) in [6.07, 6.45) is 6.35. The van der Waals surface area contributed by atoms with Gasteiger partial charge in [0.05, 0.1) is 18.1 Å². The van der Waals surface area contributed by atoms with Crippen LogP contribution in [0, 0.1) is 28.1 Å². The molecule has 0 aliphatic heterocycles. The van der Waals surface area contributed by atoms with Gasteiger partial charge in [0.15, 0.2) is 0 Å². The topological polar surface area (TPSA) is 46.5 Å². The molecule has 0 amide bonds. The molecule has 3 aliphatic carbocycles. The highest BCUT2D eigenvalue weighted by Crippen LogP contribution is 2.74. The zero-order valence-corrected chi connectivity index (χ0v) is 14.7. The molecule has 126 valence electrons. The Morgan fingerprint density at radius 1 is 1.32 bits per heavy atom. The summed E-state index contributed by atoms with van der Waals surface area (Å²) in [5.41, 5.74) is 0.175. The molecule has 3 rings (SSSR count). The van der Waals surface area contributed by atoms with E-state index >= 15 is 0 Å². The summed E-state index contributed by atoms with van der Waals surface area (Å²) in [6, 6.07) is 0. The number of hydrogen-bond acceptors (Lipinski definition) is 3. The van der Waals surface area contributed by atoms with Crippen molar-refractivity contribution in [1.82, 2.24) is 0 Å². The van der Waals surface area contributed by atoms with E-state index < -0.39 is 11.5 Å². The van der Waals surface area contributed by atoms with Crippen LogP contribution in [0.3, 0.4) is 0 Å². The summed E-state index contributed by atoms with van der Waals surface area (Å²) in [7, 11) is 0. The van der Waals surface area contributed by atoms with Crippen molar-refractivity contribution in [2.75, 3.05) is 6.61 Å². The maximum atomic E-state index is 12.3. The lowest BCUT2D eigenvalue weighted by atomic mass is 9.68. The lowest BCUT2D eigenvalue weighted by Crippen LogP contribution is -2.37. The Morgan fingerprint density at radius 3 is 2.50 bits per heavy atom. The fourth-order valence-corrected chi connectivity index (χ4v) is 4.84. The molecular formula is C19H32O3. The van der Waals surface area contributed by atoms with Gasteiger partial charge in [-0.05, 0) is 61.2 Å². The Morgan fingerprint density at radius 2 is 2.00 bits per heavy atom. The van der Waals surface area contributed by atoms with Gasteiger partial charge in [-0.3, -0.25) is 4.79 Å². The van der Waals surface area contributed by atoms with Gasteiger partial charge in [-0.1, -0.05) is 34.1 Å². The molecular weight excluding hydrogens is 276 g/mol. The minimum Gasteiger partial charge on any atom is -0.465 e. The fourth-order valence-electron chi connectivity index (χ4n) is 4.84. The molecule has 0 saturated heterocycles. The van der Waals surface area contributed by atoms with Crippen LogP contribution in [-0.4, -0.2) is 23.8 Å². The normalized spacial score (nSPS) is 38.2. The molecule has 3 fully saturated rings. The van der Waals surface area contributed by atoms with E-state index in [0.29, 0.717) is 17.9 Å². The number of hydrogen-bond donors (Lipinski definition) is 1. The van der Waals surface area contributed by atoms with Gasteiger partial charge in [0.1, 0.15) is 0 Å². The highest BCUT2D eigenvalue weighted by atomic mass is 16.5. The molecule has 0 aromatic rings. The van der Waals surface area contributed by atoms with Crippen molar-refractivity contribution in [3.8, 4) is 0 Å². The summed E-state index contributed by atoms with van der Waals surface area (Å²) < 4.78 is 5.40. The van der Waals surface area contributed by atoms with Crippen molar-refractivity contribution < 1.29 is 14.6 Å². The number of aliphatic hydroxyl groups is 1. The molecule has 4 atom stereocenters. The first-order valence-electron chi connectivity index (χ1n) is 9.13. The number of carbonyl (C=O) groups excluding carboxylic acids is 1. The number of fused-ring (bicyclic) bond motifs is 1. The van der Waals surface area contributed by atoms with Crippen molar-refractivity contribution in [2.45, 2.75) is 78.7 Å². The summed E-state index contributed by atoms with van der Waals surface area (Å²) in [5, 5.41) is 10.7. The highest BCUT2D eigenvalue weighted by molar-refractivity contribution is 5.80. The highest BCUT2D eigenvalue weighted by Gasteiger charge is 2.68. The second-order valence-electron chi connectivity index (χ2n) is 8.87. The van der Waals surface area contributed by atoms with E-state index in [1.165, 1.54) is 12.8 Å². The zero-order chi connectivity index (χ0) is 16.2. The number of carbonyl (C=O) groups is 1. The molecule has 4 unspecified atom stereocenters. The van der Waals surface area contributed by atoms with Gasteiger partial charge in [0, 0.05) is 0 Å². The molecule has 3 aliphatic rings. The third-order valence-electron chi connectivity index (χ3n) is 7.54. The van der Waals surface area contributed by atoms with Crippen molar-refractivity contribution >= 4 is 5.97 Å². The first-order valence-corrected chi connectivity index (χ1v) is 9.13. The van der Waals surface area contributed by atoms with E-state index in [2.05, 4.69) is 27.7 Å². The van der Waals surface area contributed by atoms with Crippen LogP contribution in [0.4, 0.5) is 0 Å². The van der Waals surface area contributed by atoms with Gasteiger partial charge in [-0.25, -0.2) is 0 Å². The molecule has 0 aromatic heterocycles. The van der Waals surface area contributed by atoms with Gasteiger partial charge in [-0.15, -0.1) is 0 Å². The minimum atomic E-state index is -0.572. The van der Waals surface area contributed by atoms with Gasteiger partial charge < -0.3 is 9.84 Å². The smallest absolute Gasteiger partial charge is 0.314 e. The summed E-state index contributed by atoms with van der Waals surface area (Å²) in [5.74, 6) is 1.22. The number of esters is 1. The first kappa shape index (κ1) is 16.3. The van der Waals surface area contributed by atoms with Gasteiger partial charge in [-0.2, -0.15) is 0 Å². The minimum absolute atomic E-state index is 0.152. The Hall–Kier alpha value is -0.570. The third-order valence-corrected chi connectivity index (χ3v) is 7.54. The predicted octanol–water partition coefficient (Wildman–Crippen LogP) is 3.93. The molecule has 0 bridgehead atoms. The first-order chi connectivity index (χ1) is 10.3. The number of rotatable bonds is 7. The Kier molecular flexibility index (Phi) is 3.87. The SMILES string of the molecule is CCCCOC(=O)C1(C(O)CC2CC3CC3(C)C2(C)C)CC1. The van der Waals surface area contributed by atoms with Crippen molar-refractivity contribution in [2.24, 2.45) is 28.1 Å². The van der Waals surface area contributed by atoms with E-state index in [0.717, 1.165) is 38.0 Å². The van der Waals surface area contributed by atoms with Crippen LogP contribution < -0.4 is 0 Å². The quantitative estimate of drug-likeness (QED) is 0.572. The van der Waals surface area contributed by atoms with Crippen LogP contribution >= 0.6 is 0 Å². The van der Waals surface area contributed by atoms with Crippen molar-refractivity contribution in [1.29, 1.82) is 0 Å². The molecule has 0 radical (unpaired) electrons. The number of aliphatic hydroxyl groups excluding tert-OH is 1. The van der Waals surface area contributed by atoms with Crippen LogP contribution in [0.15, 0.2) is 0 Å². The molecule has 22 heavy (non-hydrogen) atoms. The average Bonchev–Trinajstić information content (AvgIpc) is 3.33. The van der Waals surface area contributed by atoms with E-state index in [-0.39, 0.29) is 11.4 Å². The molecule has 0 aromatic carbocycles. The van der Waals surface area contributed by atoms with Gasteiger partial charge in [0.25, 0.3) is 0 Å². The van der Waals surface area contributed by atoms with E-state index in [1.54, 1.807) is 0 Å². The third kappa shape index (κ3) is 2.31. The van der Waals surface area contributed by atoms with Gasteiger partial charge >= 0.3 is 5.97 Å². The second-order valence-corrected chi connectivity index (χ2v) is 8.87.